The number of hydrogen-bond donors (Lipinski definition) is 2. The summed E-state index contributed by atoms with van der Waals surface area (Å²) in [6.07, 6.45) is 8.75. The van der Waals surface area contributed by atoms with E-state index in [1.165, 1.54) is 12.8 Å². The van der Waals surface area contributed by atoms with Crippen molar-refractivity contribution in [2.75, 3.05) is 19.0 Å². The van der Waals surface area contributed by atoms with Crippen LogP contribution in [0.4, 0.5) is 5.95 Å². The topological polar surface area (TPSA) is 76.1 Å². The van der Waals surface area contributed by atoms with Crippen LogP contribution >= 0.6 is 0 Å². The molecule has 1 aliphatic carbocycles. The molecule has 3 rings (SSSR count). The molecule has 1 aliphatic rings. The van der Waals surface area contributed by atoms with E-state index < -0.39 is 0 Å². The lowest BCUT2D eigenvalue weighted by Gasteiger charge is -2.11. The van der Waals surface area contributed by atoms with E-state index in [1.807, 2.05) is 24.3 Å². The summed E-state index contributed by atoms with van der Waals surface area (Å²) in [5, 5.41) is 6.21. The molecule has 0 unspecified atom stereocenters. The molecule has 2 N–H and O–H groups in total. The maximum Gasteiger partial charge on any atom is 0.254 e. The highest BCUT2D eigenvalue weighted by atomic mass is 16.5. The number of carbonyl (C=O) groups is 1. The van der Waals surface area contributed by atoms with Gasteiger partial charge in [0.05, 0.1) is 12.7 Å². The molecule has 0 saturated heterocycles. The summed E-state index contributed by atoms with van der Waals surface area (Å²) in [5.74, 6) is 1.28. The van der Waals surface area contributed by atoms with Crippen LogP contribution in [-0.2, 0) is 6.42 Å². The monoisotopic (exact) mass is 340 g/mol. The van der Waals surface area contributed by atoms with Gasteiger partial charge in [0.15, 0.2) is 0 Å². The fourth-order valence-electron chi connectivity index (χ4n) is 2.99. The van der Waals surface area contributed by atoms with Gasteiger partial charge in [-0.1, -0.05) is 25.0 Å². The molecule has 1 amide bonds. The molecular formula is C19H24N4O2. The molecule has 6 heteroatoms. The van der Waals surface area contributed by atoms with E-state index in [2.05, 4.69) is 20.6 Å². The minimum atomic E-state index is -0.152. The molecule has 0 atom stereocenters. The minimum absolute atomic E-state index is 0.152. The Labute approximate surface area is 148 Å². The first-order chi connectivity index (χ1) is 12.2. The summed E-state index contributed by atoms with van der Waals surface area (Å²) in [6, 6.07) is 8.29. The first-order valence-electron chi connectivity index (χ1n) is 8.74. The lowest BCUT2D eigenvalue weighted by atomic mass is 10.1. The highest BCUT2D eigenvalue weighted by Crippen LogP contribution is 2.20. The van der Waals surface area contributed by atoms with E-state index >= 15 is 0 Å². The smallest absolute Gasteiger partial charge is 0.254 e. The van der Waals surface area contributed by atoms with Crippen molar-refractivity contribution in [3.63, 3.8) is 0 Å². The number of methoxy groups -OCH3 is 1. The van der Waals surface area contributed by atoms with Crippen LogP contribution in [0.1, 0.15) is 41.6 Å². The summed E-state index contributed by atoms with van der Waals surface area (Å²) in [4.78, 5) is 20.7. The lowest BCUT2D eigenvalue weighted by molar-refractivity contribution is 0.0953. The third kappa shape index (κ3) is 4.92. The number of anilines is 1. The maximum absolute atomic E-state index is 12.2. The van der Waals surface area contributed by atoms with Gasteiger partial charge in [0.1, 0.15) is 5.75 Å². The van der Waals surface area contributed by atoms with Crippen LogP contribution < -0.4 is 15.4 Å². The fraction of sp³-hybridized carbons (Fsp3) is 0.421. The van der Waals surface area contributed by atoms with Crippen molar-refractivity contribution >= 4 is 11.9 Å². The van der Waals surface area contributed by atoms with E-state index in [4.69, 9.17) is 4.74 Å². The summed E-state index contributed by atoms with van der Waals surface area (Å²) in [5.41, 5.74) is 1.63. The Morgan fingerprint density at radius 2 is 1.84 bits per heavy atom. The zero-order valence-electron chi connectivity index (χ0n) is 14.5. The highest BCUT2D eigenvalue weighted by Gasteiger charge is 2.15. The number of benzene rings is 1. The van der Waals surface area contributed by atoms with Crippen molar-refractivity contribution in [1.29, 1.82) is 0 Å². The normalized spacial score (nSPS) is 14.3. The van der Waals surface area contributed by atoms with E-state index in [1.54, 1.807) is 19.5 Å². The quantitative estimate of drug-likeness (QED) is 0.810. The van der Waals surface area contributed by atoms with Crippen LogP contribution in [0.3, 0.4) is 0 Å². The predicted octanol–water partition coefficient (Wildman–Crippen LogP) is 2.81. The third-order valence-electron chi connectivity index (χ3n) is 4.46. The van der Waals surface area contributed by atoms with E-state index in [0.717, 1.165) is 30.6 Å². The SMILES string of the molecule is COc1ccc(CCNC(=O)c2cnc(NC3CCCC3)nc2)cc1. The predicted molar refractivity (Wildman–Crippen MR) is 96.9 cm³/mol. The van der Waals surface area contributed by atoms with Gasteiger partial charge in [0.2, 0.25) is 5.95 Å². The number of amides is 1. The van der Waals surface area contributed by atoms with Gasteiger partial charge in [-0.3, -0.25) is 4.79 Å². The van der Waals surface area contributed by atoms with Crippen molar-refractivity contribution in [1.82, 2.24) is 15.3 Å². The molecule has 0 aliphatic heterocycles. The van der Waals surface area contributed by atoms with Gasteiger partial charge in [0.25, 0.3) is 5.91 Å². The Morgan fingerprint density at radius 1 is 1.16 bits per heavy atom. The summed E-state index contributed by atoms with van der Waals surface area (Å²) in [6.45, 7) is 0.563. The maximum atomic E-state index is 12.2. The minimum Gasteiger partial charge on any atom is -0.497 e. The van der Waals surface area contributed by atoms with Crippen LogP contribution in [0, 0.1) is 0 Å². The van der Waals surface area contributed by atoms with Gasteiger partial charge in [-0.05, 0) is 37.0 Å². The van der Waals surface area contributed by atoms with Gasteiger partial charge in [0, 0.05) is 25.0 Å². The lowest BCUT2D eigenvalue weighted by Crippen LogP contribution is -2.26. The van der Waals surface area contributed by atoms with Crippen molar-refractivity contribution in [2.45, 2.75) is 38.1 Å². The number of nitrogens with zero attached hydrogens (tertiary/aromatic N) is 2. The fourth-order valence-corrected chi connectivity index (χ4v) is 2.99. The van der Waals surface area contributed by atoms with Gasteiger partial charge >= 0.3 is 0 Å². The number of ether oxygens (including phenoxy) is 1. The molecule has 6 nitrogen and oxygen atoms in total. The van der Waals surface area contributed by atoms with E-state index in [9.17, 15) is 4.79 Å². The molecular weight excluding hydrogens is 316 g/mol. The van der Waals surface area contributed by atoms with Crippen LogP contribution in [0.5, 0.6) is 5.75 Å². The standard InChI is InChI=1S/C19H24N4O2/c1-25-17-8-6-14(7-9-17)10-11-20-18(24)15-12-21-19(22-13-15)23-16-4-2-3-5-16/h6-9,12-13,16H,2-5,10-11H2,1H3,(H,20,24)(H,21,22,23). The molecule has 2 aromatic rings. The van der Waals surface area contributed by atoms with Gasteiger partial charge in [-0.2, -0.15) is 0 Å². The zero-order chi connectivity index (χ0) is 17.5. The molecule has 1 fully saturated rings. The van der Waals surface area contributed by atoms with Crippen molar-refractivity contribution < 1.29 is 9.53 Å². The number of hydrogen-bond acceptors (Lipinski definition) is 5. The highest BCUT2D eigenvalue weighted by molar-refractivity contribution is 5.93. The summed E-state index contributed by atoms with van der Waals surface area (Å²) >= 11 is 0. The molecule has 0 bridgehead atoms. The van der Waals surface area contributed by atoms with E-state index in [0.29, 0.717) is 24.1 Å². The number of aromatic nitrogens is 2. The Bertz CT molecular complexity index is 680. The number of carbonyl (C=O) groups excluding carboxylic acids is 1. The molecule has 0 radical (unpaired) electrons. The largest absolute Gasteiger partial charge is 0.497 e. The van der Waals surface area contributed by atoms with Gasteiger partial charge in [-0.15, -0.1) is 0 Å². The number of rotatable bonds is 7. The zero-order valence-corrected chi connectivity index (χ0v) is 14.5. The second kappa shape index (κ2) is 8.46. The van der Waals surface area contributed by atoms with Crippen molar-refractivity contribution in [3.05, 3.63) is 47.8 Å². The Kier molecular flexibility index (Phi) is 5.82. The molecule has 1 heterocycles. The molecule has 1 aromatic carbocycles. The van der Waals surface area contributed by atoms with Crippen LogP contribution in [0.15, 0.2) is 36.7 Å². The summed E-state index contributed by atoms with van der Waals surface area (Å²) < 4.78 is 5.13. The average Bonchev–Trinajstić information content (AvgIpc) is 3.16. The summed E-state index contributed by atoms with van der Waals surface area (Å²) in [7, 11) is 1.64. The van der Waals surface area contributed by atoms with E-state index in [-0.39, 0.29) is 5.91 Å². The molecule has 132 valence electrons. The Balaban J connectivity index is 1.45. The second-order valence-corrected chi connectivity index (χ2v) is 6.28. The second-order valence-electron chi connectivity index (χ2n) is 6.28. The number of nitrogens with one attached hydrogen (secondary N) is 2. The Hall–Kier alpha value is -2.63. The first kappa shape index (κ1) is 17.2. The van der Waals surface area contributed by atoms with Crippen molar-refractivity contribution in [2.24, 2.45) is 0 Å². The van der Waals surface area contributed by atoms with Crippen LogP contribution in [0.25, 0.3) is 0 Å². The van der Waals surface area contributed by atoms with Gasteiger partial charge in [-0.25, -0.2) is 9.97 Å². The van der Waals surface area contributed by atoms with Crippen LogP contribution in [-0.4, -0.2) is 35.6 Å². The molecule has 1 aromatic heterocycles. The Morgan fingerprint density at radius 3 is 2.48 bits per heavy atom. The molecule has 0 spiro atoms. The molecule has 1 saturated carbocycles. The third-order valence-corrected chi connectivity index (χ3v) is 4.46. The van der Waals surface area contributed by atoms with Gasteiger partial charge < -0.3 is 15.4 Å². The van der Waals surface area contributed by atoms with Crippen molar-refractivity contribution in [3.8, 4) is 5.75 Å². The average molecular weight is 340 g/mol. The first-order valence-corrected chi connectivity index (χ1v) is 8.74. The molecule has 25 heavy (non-hydrogen) atoms. The van der Waals surface area contributed by atoms with Crippen LogP contribution in [0.2, 0.25) is 0 Å².